The van der Waals surface area contributed by atoms with E-state index in [1.54, 1.807) is 0 Å². The van der Waals surface area contributed by atoms with Crippen molar-refractivity contribution in [2.75, 3.05) is 31.6 Å². The largest absolute Gasteiger partial charge is 0.443 e. The van der Waals surface area contributed by atoms with Crippen molar-refractivity contribution in [3.8, 4) is 0 Å². The number of nitrogens with one attached hydrogen (secondary N) is 2. The van der Waals surface area contributed by atoms with Crippen LogP contribution in [0.15, 0.2) is 57.9 Å². The van der Waals surface area contributed by atoms with Crippen LogP contribution in [0.2, 0.25) is 0 Å². The van der Waals surface area contributed by atoms with Crippen molar-refractivity contribution < 1.29 is 41.8 Å². The average Bonchev–Trinajstić information content (AvgIpc) is 3.70. The minimum absolute atomic E-state index is 0.0556. The predicted octanol–water partition coefficient (Wildman–Crippen LogP) is 2.50. The molecular weight excluding hydrogens is 580 g/mol. The summed E-state index contributed by atoms with van der Waals surface area (Å²) < 4.78 is 50.9. The van der Waals surface area contributed by atoms with Gasteiger partial charge in [-0.3, -0.25) is 4.79 Å². The van der Waals surface area contributed by atoms with Gasteiger partial charge < -0.3 is 34.5 Å². The molecule has 2 amide bonds. The van der Waals surface area contributed by atoms with Crippen LogP contribution in [-0.4, -0.2) is 86.3 Å². The van der Waals surface area contributed by atoms with Crippen molar-refractivity contribution in [1.82, 2.24) is 14.8 Å². The molecule has 14 heteroatoms. The number of carbonyl (C=O) groups is 2. The van der Waals surface area contributed by atoms with Crippen molar-refractivity contribution in [2.24, 2.45) is 11.8 Å². The lowest BCUT2D eigenvalue weighted by atomic mass is 10.0. The molecule has 232 valence electrons. The van der Waals surface area contributed by atoms with Crippen LogP contribution >= 0.6 is 0 Å². The van der Waals surface area contributed by atoms with Crippen molar-refractivity contribution >= 4 is 39.3 Å². The summed E-state index contributed by atoms with van der Waals surface area (Å²) in [6, 6.07) is 12.6. The van der Waals surface area contributed by atoms with E-state index in [0.29, 0.717) is 30.4 Å². The van der Waals surface area contributed by atoms with Crippen molar-refractivity contribution in [1.29, 1.82) is 0 Å². The van der Waals surface area contributed by atoms with Gasteiger partial charge in [-0.15, -0.1) is 0 Å². The Kier molecular flexibility index (Phi) is 9.62. The number of aliphatic hydroxyl groups is 1. The Labute approximate surface area is 249 Å². The van der Waals surface area contributed by atoms with Gasteiger partial charge in [-0.1, -0.05) is 49.3 Å². The SMILES string of the molecule is CC(C)CN(C[C@@H](O)[C@H](Cc1ccccc1)NC(=O)OC1CO[C@H]2OCC[C@@H]12)S(=O)(=O)c1ccc2onc(NC=O)c2c1. The van der Waals surface area contributed by atoms with Crippen LogP contribution in [0, 0.1) is 11.8 Å². The van der Waals surface area contributed by atoms with Crippen molar-refractivity contribution in [3.63, 3.8) is 0 Å². The molecular formula is C29H36N4O9S. The van der Waals surface area contributed by atoms with E-state index in [1.165, 1.54) is 22.5 Å². The Morgan fingerprint density at radius 2 is 1.98 bits per heavy atom. The van der Waals surface area contributed by atoms with Crippen LogP contribution in [0.1, 0.15) is 25.8 Å². The summed E-state index contributed by atoms with van der Waals surface area (Å²) in [6.45, 7) is 4.28. The molecule has 0 saturated carbocycles. The van der Waals surface area contributed by atoms with Crippen molar-refractivity contribution in [3.05, 3.63) is 54.1 Å². The second-order valence-electron chi connectivity index (χ2n) is 11.1. The molecule has 3 N–H and O–H groups in total. The third-order valence-electron chi connectivity index (χ3n) is 7.54. The molecule has 0 bridgehead atoms. The number of fused-ring (bicyclic) bond motifs is 2. The molecule has 13 nitrogen and oxygen atoms in total. The first-order valence-corrected chi connectivity index (χ1v) is 15.6. The lowest BCUT2D eigenvalue weighted by molar-refractivity contribution is -0.105. The molecule has 1 unspecified atom stereocenters. The average molecular weight is 617 g/mol. The van der Waals surface area contributed by atoms with Crippen LogP contribution in [0.3, 0.4) is 0 Å². The molecule has 3 aromatic rings. The van der Waals surface area contributed by atoms with E-state index in [2.05, 4.69) is 15.8 Å². The van der Waals surface area contributed by atoms with E-state index in [9.17, 15) is 23.1 Å². The molecule has 5 atom stereocenters. The fourth-order valence-corrected chi connectivity index (χ4v) is 7.07. The molecule has 2 saturated heterocycles. The van der Waals surface area contributed by atoms with Gasteiger partial charge in [0.05, 0.1) is 41.6 Å². The van der Waals surface area contributed by atoms with Crippen LogP contribution in [0.4, 0.5) is 10.6 Å². The summed E-state index contributed by atoms with van der Waals surface area (Å²) in [7, 11) is -4.14. The highest BCUT2D eigenvalue weighted by molar-refractivity contribution is 7.89. The van der Waals surface area contributed by atoms with Gasteiger partial charge in [0.15, 0.2) is 17.7 Å². The highest BCUT2D eigenvalue weighted by Crippen LogP contribution is 2.33. The third-order valence-corrected chi connectivity index (χ3v) is 9.37. The topological polar surface area (TPSA) is 170 Å². The normalized spacial score (nSPS) is 21.6. The first-order valence-electron chi connectivity index (χ1n) is 14.2. The van der Waals surface area contributed by atoms with Crippen molar-refractivity contribution in [2.45, 2.75) is 56.1 Å². The summed E-state index contributed by atoms with van der Waals surface area (Å²) in [5.41, 5.74) is 1.14. The molecule has 0 aliphatic carbocycles. The Hall–Kier alpha value is -3.56. The van der Waals surface area contributed by atoms with Crippen LogP contribution < -0.4 is 10.6 Å². The maximum atomic E-state index is 13.9. The number of aromatic nitrogens is 1. The summed E-state index contributed by atoms with van der Waals surface area (Å²) in [4.78, 5) is 23.9. The minimum Gasteiger partial charge on any atom is -0.443 e. The van der Waals surface area contributed by atoms with Crippen LogP contribution in [0.5, 0.6) is 0 Å². The first-order chi connectivity index (χ1) is 20.7. The van der Waals surface area contributed by atoms with Gasteiger partial charge in [0.2, 0.25) is 16.4 Å². The van der Waals surface area contributed by atoms with E-state index in [-0.39, 0.29) is 55.0 Å². The van der Waals surface area contributed by atoms with Gasteiger partial charge in [0.1, 0.15) is 6.10 Å². The van der Waals surface area contributed by atoms with Gasteiger partial charge in [-0.2, -0.15) is 4.31 Å². The maximum Gasteiger partial charge on any atom is 0.407 e. The fourth-order valence-electron chi connectivity index (χ4n) is 5.42. The lowest BCUT2D eigenvalue weighted by Gasteiger charge is -2.31. The molecule has 3 heterocycles. The predicted molar refractivity (Wildman–Crippen MR) is 154 cm³/mol. The van der Waals surface area contributed by atoms with E-state index in [4.69, 9.17) is 18.7 Å². The van der Waals surface area contributed by atoms with Crippen LogP contribution in [0.25, 0.3) is 11.0 Å². The summed E-state index contributed by atoms with van der Waals surface area (Å²) in [5.74, 6) is -0.0470. The number of hydrogen-bond donors (Lipinski definition) is 3. The number of rotatable bonds is 13. The highest BCUT2D eigenvalue weighted by Gasteiger charge is 2.44. The maximum absolute atomic E-state index is 13.9. The number of sulfonamides is 1. The molecule has 0 radical (unpaired) electrons. The van der Waals surface area contributed by atoms with Gasteiger partial charge in [-0.05, 0) is 42.5 Å². The molecule has 2 aliphatic rings. The fraction of sp³-hybridized carbons (Fsp3) is 0.483. The first kappa shape index (κ1) is 30.9. The molecule has 0 spiro atoms. The Bertz CT molecular complexity index is 1510. The number of benzene rings is 2. The van der Waals surface area contributed by atoms with E-state index < -0.39 is 34.4 Å². The number of hydrogen-bond acceptors (Lipinski definition) is 10. The van der Waals surface area contributed by atoms with E-state index in [1.807, 2.05) is 44.2 Å². The molecule has 2 aromatic carbocycles. The number of carbonyl (C=O) groups excluding carboxylic acids is 2. The highest BCUT2D eigenvalue weighted by atomic mass is 32.2. The van der Waals surface area contributed by atoms with Gasteiger partial charge in [0.25, 0.3) is 0 Å². The summed E-state index contributed by atoms with van der Waals surface area (Å²) >= 11 is 0. The lowest BCUT2D eigenvalue weighted by Crippen LogP contribution is -2.51. The zero-order valence-electron chi connectivity index (χ0n) is 23.9. The Balaban J connectivity index is 1.36. The summed E-state index contributed by atoms with van der Waals surface area (Å²) in [5, 5.41) is 20.7. The number of alkyl carbamates (subject to hydrolysis) is 1. The molecule has 2 aliphatic heterocycles. The zero-order valence-corrected chi connectivity index (χ0v) is 24.7. The Morgan fingerprint density at radius 1 is 1.19 bits per heavy atom. The number of aliphatic hydroxyl groups excluding tert-OH is 1. The number of ether oxygens (including phenoxy) is 3. The smallest absolute Gasteiger partial charge is 0.407 e. The molecule has 1 aromatic heterocycles. The standard InChI is InChI=1S/C29H36N4O9S/c1-18(2)14-33(43(37,38)20-8-9-25-22(13-20)27(30-17-34)32-42-25)15-24(35)23(12-19-6-4-3-5-7-19)31-29(36)41-26-16-40-28-21(26)10-11-39-28/h3-9,13,17-18,21,23-24,26,28,35H,10-12,14-16H2,1-2H3,(H,31,36)(H,30,32,34)/t21-,23-,24+,26?,28+/m0/s1. The number of nitrogens with zero attached hydrogens (tertiary/aromatic N) is 2. The second-order valence-corrected chi connectivity index (χ2v) is 13.1. The number of amides is 2. The van der Waals surface area contributed by atoms with Gasteiger partial charge >= 0.3 is 6.09 Å². The van der Waals surface area contributed by atoms with Crippen LogP contribution in [-0.2, 0) is 35.4 Å². The number of anilines is 1. The third kappa shape index (κ3) is 7.16. The summed E-state index contributed by atoms with van der Waals surface area (Å²) in [6.07, 6.45) is -1.52. The monoisotopic (exact) mass is 616 g/mol. The molecule has 43 heavy (non-hydrogen) atoms. The van der Waals surface area contributed by atoms with Gasteiger partial charge in [0, 0.05) is 13.1 Å². The molecule has 2 fully saturated rings. The van der Waals surface area contributed by atoms with E-state index >= 15 is 0 Å². The quantitative estimate of drug-likeness (QED) is 0.243. The zero-order chi connectivity index (χ0) is 30.6. The van der Waals surface area contributed by atoms with E-state index in [0.717, 1.165) is 5.56 Å². The Morgan fingerprint density at radius 3 is 2.72 bits per heavy atom. The molecule has 5 rings (SSSR count). The second kappa shape index (κ2) is 13.4. The minimum atomic E-state index is -4.14. The van der Waals surface area contributed by atoms with Gasteiger partial charge in [-0.25, -0.2) is 13.2 Å².